The van der Waals surface area contributed by atoms with Gasteiger partial charge in [-0.15, -0.1) is 0 Å². The summed E-state index contributed by atoms with van der Waals surface area (Å²) in [5, 5.41) is 2.92. The molecule has 1 aliphatic heterocycles. The van der Waals surface area contributed by atoms with Crippen LogP contribution in [0.25, 0.3) is 0 Å². The second-order valence-electron chi connectivity index (χ2n) is 7.01. The van der Waals surface area contributed by atoms with Gasteiger partial charge in [0.05, 0.1) is 38.3 Å². The smallest absolute Gasteiger partial charge is 0.338 e. The van der Waals surface area contributed by atoms with E-state index in [4.69, 9.17) is 4.74 Å². The summed E-state index contributed by atoms with van der Waals surface area (Å²) in [4.78, 5) is 27.8. The molecule has 0 unspecified atom stereocenters. The van der Waals surface area contributed by atoms with Crippen molar-refractivity contribution >= 4 is 23.3 Å². The number of nitrogens with zero attached hydrogens (tertiary/aromatic N) is 1. The molecule has 0 bridgehead atoms. The standard InChI is InChI=1S/C22H27N3O3/c1-2-16-28-22(27)18-8-10-19(11-9-18)23-21(26)17-24-12-14-25(15-13-24)20-6-4-3-5-7-20/h3-11H,2,12-17H2,1H3,(H,23,26)/p+1. The van der Waals surface area contributed by atoms with Crippen molar-refractivity contribution in [2.24, 2.45) is 0 Å². The van der Waals surface area contributed by atoms with Gasteiger partial charge in [-0.1, -0.05) is 25.1 Å². The van der Waals surface area contributed by atoms with Crippen molar-refractivity contribution in [3.8, 4) is 0 Å². The number of benzene rings is 2. The van der Waals surface area contributed by atoms with Crippen LogP contribution in [0.2, 0.25) is 0 Å². The average molecular weight is 382 g/mol. The van der Waals surface area contributed by atoms with E-state index in [1.807, 2.05) is 13.0 Å². The summed E-state index contributed by atoms with van der Waals surface area (Å²) in [7, 11) is 0. The van der Waals surface area contributed by atoms with E-state index in [2.05, 4.69) is 34.5 Å². The highest BCUT2D eigenvalue weighted by atomic mass is 16.5. The maximum atomic E-state index is 12.4. The van der Waals surface area contributed by atoms with Crippen LogP contribution >= 0.6 is 0 Å². The Morgan fingerprint density at radius 1 is 1.04 bits per heavy atom. The number of carbonyl (C=O) groups is 2. The molecular weight excluding hydrogens is 354 g/mol. The third-order valence-corrected chi connectivity index (χ3v) is 4.84. The Morgan fingerprint density at radius 2 is 1.71 bits per heavy atom. The van der Waals surface area contributed by atoms with Gasteiger partial charge >= 0.3 is 5.97 Å². The Hall–Kier alpha value is -2.86. The minimum atomic E-state index is -0.333. The first-order valence-corrected chi connectivity index (χ1v) is 9.86. The number of para-hydroxylation sites is 1. The second-order valence-corrected chi connectivity index (χ2v) is 7.01. The number of anilines is 2. The maximum Gasteiger partial charge on any atom is 0.338 e. The largest absolute Gasteiger partial charge is 0.462 e. The molecule has 6 nitrogen and oxygen atoms in total. The molecule has 0 saturated carbocycles. The van der Waals surface area contributed by atoms with Gasteiger partial charge in [0.15, 0.2) is 6.54 Å². The first-order valence-electron chi connectivity index (χ1n) is 9.86. The van der Waals surface area contributed by atoms with Gasteiger partial charge in [0.2, 0.25) is 0 Å². The summed E-state index contributed by atoms with van der Waals surface area (Å²) in [5.41, 5.74) is 2.43. The number of esters is 1. The fourth-order valence-corrected chi connectivity index (χ4v) is 3.30. The Bertz CT molecular complexity index is 769. The molecule has 6 heteroatoms. The zero-order valence-corrected chi connectivity index (χ0v) is 16.3. The van der Waals surface area contributed by atoms with Crippen molar-refractivity contribution < 1.29 is 19.2 Å². The van der Waals surface area contributed by atoms with Crippen LogP contribution in [-0.4, -0.2) is 51.2 Å². The number of quaternary nitrogens is 1. The molecule has 1 aliphatic rings. The number of piperazine rings is 1. The average Bonchev–Trinajstić information content (AvgIpc) is 2.73. The Labute approximate surface area is 166 Å². The normalized spacial score (nSPS) is 14.5. The molecule has 0 atom stereocenters. The Morgan fingerprint density at radius 3 is 2.36 bits per heavy atom. The van der Waals surface area contributed by atoms with Gasteiger partial charge in [-0.25, -0.2) is 4.79 Å². The third kappa shape index (κ3) is 5.57. The van der Waals surface area contributed by atoms with E-state index >= 15 is 0 Å². The zero-order chi connectivity index (χ0) is 19.8. The van der Waals surface area contributed by atoms with Crippen molar-refractivity contribution in [3.05, 3.63) is 60.2 Å². The molecule has 3 rings (SSSR count). The first-order chi connectivity index (χ1) is 13.7. The third-order valence-electron chi connectivity index (χ3n) is 4.84. The number of rotatable bonds is 7. The Balaban J connectivity index is 1.44. The molecule has 1 amide bonds. The van der Waals surface area contributed by atoms with Crippen LogP contribution < -0.4 is 15.1 Å². The predicted octanol–water partition coefficient (Wildman–Crippen LogP) is 1.60. The summed E-state index contributed by atoms with van der Waals surface area (Å²) >= 11 is 0. The fraction of sp³-hybridized carbons (Fsp3) is 0.364. The number of ether oxygens (including phenoxy) is 1. The van der Waals surface area contributed by atoms with Gasteiger partial charge in [0.1, 0.15) is 0 Å². The number of amides is 1. The van der Waals surface area contributed by atoms with Crippen molar-refractivity contribution in [1.82, 2.24) is 0 Å². The van der Waals surface area contributed by atoms with Crippen LogP contribution in [0.15, 0.2) is 54.6 Å². The van der Waals surface area contributed by atoms with E-state index in [9.17, 15) is 9.59 Å². The van der Waals surface area contributed by atoms with Crippen LogP contribution in [0.5, 0.6) is 0 Å². The summed E-state index contributed by atoms with van der Waals surface area (Å²) in [6, 6.07) is 17.2. The van der Waals surface area contributed by atoms with Gasteiger partial charge in [-0.3, -0.25) is 4.79 Å². The number of nitrogens with one attached hydrogen (secondary N) is 2. The first kappa shape index (κ1) is 19.9. The van der Waals surface area contributed by atoms with Gasteiger partial charge in [-0.05, 0) is 42.8 Å². The molecule has 0 radical (unpaired) electrons. The van der Waals surface area contributed by atoms with Gasteiger partial charge in [-0.2, -0.15) is 0 Å². The monoisotopic (exact) mass is 382 g/mol. The molecule has 28 heavy (non-hydrogen) atoms. The summed E-state index contributed by atoms with van der Waals surface area (Å²) < 4.78 is 5.11. The van der Waals surface area contributed by atoms with Crippen molar-refractivity contribution in [3.63, 3.8) is 0 Å². The lowest BCUT2D eigenvalue weighted by atomic mass is 10.2. The van der Waals surface area contributed by atoms with Crippen LogP contribution in [0.1, 0.15) is 23.7 Å². The molecule has 2 aromatic carbocycles. The van der Waals surface area contributed by atoms with Crippen LogP contribution in [-0.2, 0) is 9.53 Å². The van der Waals surface area contributed by atoms with E-state index < -0.39 is 0 Å². The molecule has 1 fully saturated rings. The number of hydrogen-bond acceptors (Lipinski definition) is 4. The van der Waals surface area contributed by atoms with Crippen molar-refractivity contribution in [2.45, 2.75) is 13.3 Å². The van der Waals surface area contributed by atoms with Crippen molar-refractivity contribution in [1.29, 1.82) is 0 Å². The van der Waals surface area contributed by atoms with Crippen molar-refractivity contribution in [2.75, 3.05) is 49.5 Å². The molecule has 0 spiro atoms. The lowest BCUT2D eigenvalue weighted by molar-refractivity contribution is -0.892. The topological polar surface area (TPSA) is 63.1 Å². The molecule has 2 N–H and O–H groups in total. The molecule has 148 valence electrons. The highest BCUT2D eigenvalue weighted by Gasteiger charge is 2.22. The molecule has 0 aromatic heterocycles. The summed E-state index contributed by atoms with van der Waals surface area (Å²) in [6.07, 6.45) is 0.793. The quantitative estimate of drug-likeness (QED) is 0.714. The van der Waals surface area contributed by atoms with E-state index in [-0.39, 0.29) is 11.9 Å². The minimum Gasteiger partial charge on any atom is -0.462 e. The lowest BCUT2D eigenvalue weighted by Crippen LogP contribution is -3.15. The molecular formula is C22H28N3O3+. The second kappa shape index (κ2) is 9.90. The minimum absolute atomic E-state index is 0.00975. The van der Waals surface area contributed by atoms with E-state index in [1.54, 1.807) is 24.3 Å². The number of carbonyl (C=O) groups excluding carboxylic acids is 2. The van der Waals surface area contributed by atoms with E-state index in [0.29, 0.717) is 24.4 Å². The molecule has 1 heterocycles. The zero-order valence-electron chi connectivity index (χ0n) is 16.3. The summed E-state index contributed by atoms with van der Waals surface area (Å²) in [5.74, 6) is -0.343. The highest BCUT2D eigenvalue weighted by molar-refractivity contribution is 5.93. The van der Waals surface area contributed by atoms with Crippen LogP contribution in [0, 0.1) is 0 Å². The Kier molecular flexibility index (Phi) is 7.03. The van der Waals surface area contributed by atoms with Gasteiger partial charge in [0.25, 0.3) is 5.91 Å². The lowest BCUT2D eigenvalue weighted by Gasteiger charge is -2.33. The molecule has 1 saturated heterocycles. The highest BCUT2D eigenvalue weighted by Crippen LogP contribution is 2.13. The maximum absolute atomic E-state index is 12.4. The molecule has 0 aliphatic carbocycles. The predicted molar refractivity (Wildman–Crippen MR) is 110 cm³/mol. The number of hydrogen-bond donors (Lipinski definition) is 2. The van der Waals surface area contributed by atoms with Gasteiger partial charge in [0, 0.05) is 11.4 Å². The van der Waals surface area contributed by atoms with Gasteiger partial charge < -0.3 is 19.9 Å². The van der Waals surface area contributed by atoms with E-state index in [1.165, 1.54) is 10.6 Å². The summed E-state index contributed by atoms with van der Waals surface area (Å²) in [6.45, 7) is 6.58. The van der Waals surface area contributed by atoms with Crippen LogP contribution in [0.3, 0.4) is 0 Å². The van der Waals surface area contributed by atoms with Crippen LogP contribution in [0.4, 0.5) is 11.4 Å². The SMILES string of the molecule is CCCOC(=O)c1ccc(NC(=O)C[NH+]2CCN(c3ccccc3)CC2)cc1. The fourth-order valence-electron chi connectivity index (χ4n) is 3.30. The van der Waals surface area contributed by atoms with E-state index in [0.717, 1.165) is 32.6 Å². The molecule has 2 aromatic rings.